The van der Waals surface area contributed by atoms with Crippen molar-refractivity contribution in [3.05, 3.63) is 36.5 Å². The number of hydrogen-bond acceptors (Lipinski definition) is 4. The van der Waals surface area contributed by atoms with E-state index in [1.165, 1.54) is 11.0 Å². The van der Waals surface area contributed by atoms with Gasteiger partial charge in [-0.1, -0.05) is 6.07 Å². The molecule has 0 radical (unpaired) electrons. The molecule has 2 aromatic rings. The van der Waals surface area contributed by atoms with Crippen molar-refractivity contribution in [1.29, 1.82) is 0 Å². The summed E-state index contributed by atoms with van der Waals surface area (Å²) in [4.78, 5) is 18.3. The average molecular weight is 190 g/mol. The molecule has 1 N–H and O–H groups in total. The molecule has 0 unspecified atom stereocenters. The summed E-state index contributed by atoms with van der Waals surface area (Å²) in [5.41, 5.74) is 0. The Morgan fingerprint density at radius 2 is 2.21 bits per heavy atom. The molecular weight excluding hydrogens is 184 g/mol. The van der Waals surface area contributed by atoms with E-state index < -0.39 is 5.97 Å². The maximum absolute atomic E-state index is 10.7. The molecule has 14 heavy (non-hydrogen) atoms. The standard InChI is InChI=1S/C8H6N4O2/c13-8(14)7-10-5-11-12(7)6-3-1-2-4-9-6/h1-5H,(H,13,14). The first-order chi connectivity index (χ1) is 6.79. The van der Waals surface area contributed by atoms with E-state index in [-0.39, 0.29) is 5.82 Å². The Hall–Kier alpha value is -2.24. The van der Waals surface area contributed by atoms with Crippen molar-refractivity contribution in [3.63, 3.8) is 0 Å². The van der Waals surface area contributed by atoms with Gasteiger partial charge in [0.05, 0.1) is 0 Å². The number of rotatable bonds is 2. The Morgan fingerprint density at radius 3 is 2.86 bits per heavy atom. The van der Waals surface area contributed by atoms with Gasteiger partial charge in [0.25, 0.3) is 0 Å². The van der Waals surface area contributed by atoms with Crippen molar-refractivity contribution in [2.24, 2.45) is 0 Å². The number of aromatic nitrogens is 4. The summed E-state index contributed by atoms with van der Waals surface area (Å²) in [6.45, 7) is 0. The van der Waals surface area contributed by atoms with E-state index in [1.54, 1.807) is 24.4 Å². The number of aromatic carboxylic acids is 1. The van der Waals surface area contributed by atoms with Gasteiger partial charge in [0.2, 0.25) is 5.82 Å². The third-order valence-electron chi connectivity index (χ3n) is 1.61. The second kappa shape index (κ2) is 3.25. The molecule has 6 nitrogen and oxygen atoms in total. The minimum atomic E-state index is -1.13. The van der Waals surface area contributed by atoms with Crippen LogP contribution in [0.15, 0.2) is 30.7 Å². The lowest BCUT2D eigenvalue weighted by atomic mass is 10.4. The largest absolute Gasteiger partial charge is 0.475 e. The van der Waals surface area contributed by atoms with Gasteiger partial charge in [0, 0.05) is 6.20 Å². The van der Waals surface area contributed by atoms with E-state index in [4.69, 9.17) is 5.11 Å². The minimum Gasteiger partial charge on any atom is -0.475 e. The fourth-order valence-corrected chi connectivity index (χ4v) is 1.03. The summed E-state index contributed by atoms with van der Waals surface area (Å²) in [6, 6.07) is 5.14. The molecule has 70 valence electrons. The zero-order valence-electron chi connectivity index (χ0n) is 7.03. The summed E-state index contributed by atoms with van der Waals surface area (Å²) in [7, 11) is 0. The first-order valence-corrected chi connectivity index (χ1v) is 3.84. The van der Waals surface area contributed by atoms with Crippen molar-refractivity contribution in [2.45, 2.75) is 0 Å². The Morgan fingerprint density at radius 1 is 1.36 bits per heavy atom. The summed E-state index contributed by atoms with van der Waals surface area (Å²) in [5.74, 6) is -0.848. The SMILES string of the molecule is O=C(O)c1ncnn1-c1ccccn1. The van der Waals surface area contributed by atoms with Crippen molar-refractivity contribution in [3.8, 4) is 5.82 Å². The smallest absolute Gasteiger partial charge is 0.374 e. The molecule has 0 atom stereocenters. The molecule has 0 aliphatic heterocycles. The molecule has 6 heteroatoms. The number of nitrogens with zero attached hydrogens (tertiary/aromatic N) is 4. The van der Waals surface area contributed by atoms with Crippen LogP contribution < -0.4 is 0 Å². The highest BCUT2D eigenvalue weighted by molar-refractivity contribution is 5.83. The van der Waals surface area contributed by atoms with Crippen LogP contribution in [0, 0.1) is 0 Å². The highest BCUT2D eigenvalue weighted by Gasteiger charge is 2.13. The van der Waals surface area contributed by atoms with E-state index in [0.29, 0.717) is 5.82 Å². The van der Waals surface area contributed by atoms with Gasteiger partial charge < -0.3 is 5.11 Å². The molecule has 0 aliphatic rings. The molecule has 2 aromatic heterocycles. The third kappa shape index (κ3) is 1.33. The molecule has 0 saturated heterocycles. The second-order valence-electron chi connectivity index (χ2n) is 2.49. The predicted octanol–water partition coefficient (Wildman–Crippen LogP) is 0.360. The zero-order valence-corrected chi connectivity index (χ0v) is 7.03. The molecule has 0 aliphatic carbocycles. The summed E-state index contributed by atoms with van der Waals surface area (Å²) < 4.78 is 1.17. The molecule has 0 saturated carbocycles. The number of carboxylic acids is 1. The Kier molecular flexibility index (Phi) is 1.94. The van der Waals surface area contributed by atoms with Gasteiger partial charge in [-0.05, 0) is 12.1 Å². The highest BCUT2D eigenvalue weighted by Crippen LogP contribution is 2.03. The quantitative estimate of drug-likeness (QED) is 0.739. The van der Waals surface area contributed by atoms with Crippen LogP contribution in [0.25, 0.3) is 5.82 Å². The molecular formula is C8H6N4O2. The van der Waals surface area contributed by atoms with Crippen LogP contribution in [0.4, 0.5) is 0 Å². The van der Waals surface area contributed by atoms with Crippen molar-refractivity contribution in [2.75, 3.05) is 0 Å². The lowest BCUT2D eigenvalue weighted by Crippen LogP contribution is -2.10. The Labute approximate surface area is 78.9 Å². The van der Waals surface area contributed by atoms with E-state index in [9.17, 15) is 4.79 Å². The van der Waals surface area contributed by atoms with E-state index >= 15 is 0 Å². The first kappa shape index (κ1) is 8.36. The van der Waals surface area contributed by atoms with Gasteiger partial charge in [-0.25, -0.2) is 14.8 Å². The minimum absolute atomic E-state index is 0.149. The molecule has 0 bridgehead atoms. The van der Waals surface area contributed by atoms with E-state index in [2.05, 4.69) is 15.1 Å². The van der Waals surface area contributed by atoms with Crippen LogP contribution in [-0.4, -0.2) is 30.8 Å². The normalized spacial score (nSPS) is 10.0. The maximum Gasteiger partial charge on any atom is 0.374 e. The van der Waals surface area contributed by atoms with Crippen molar-refractivity contribution in [1.82, 2.24) is 19.7 Å². The third-order valence-corrected chi connectivity index (χ3v) is 1.61. The first-order valence-electron chi connectivity index (χ1n) is 3.84. The van der Waals surface area contributed by atoms with Gasteiger partial charge in [0.1, 0.15) is 6.33 Å². The topological polar surface area (TPSA) is 80.9 Å². The van der Waals surface area contributed by atoms with Gasteiger partial charge in [-0.15, -0.1) is 0 Å². The van der Waals surface area contributed by atoms with E-state index in [1.807, 2.05) is 0 Å². The fraction of sp³-hybridized carbons (Fsp3) is 0. The van der Waals surface area contributed by atoms with Crippen LogP contribution in [0.3, 0.4) is 0 Å². The number of carboxylic acid groups (broad SMARTS) is 1. The zero-order chi connectivity index (χ0) is 9.97. The highest BCUT2D eigenvalue weighted by atomic mass is 16.4. The van der Waals surface area contributed by atoms with Crippen LogP contribution in [0.5, 0.6) is 0 Å². The summed E-state index contributed by atoms with van der Waals surface area (Å²) in [5, 5.41) is 12.5. The monoisotopic (exact) mass is 190 g/mol. The number of hydrogen-bond donors (Lipinski definition) is 1. The van der Waals surface area contributed by atoms with Crippen LogP contribution >= 0.6 is 0 Å². The summed E-state index contributed by atoms with van der Waals surface area (Å²) in [6.07, 6.45) is 2.74. The molecule has 2 rings (SSSR count). The average Bonchev–Trinajstić information content (AvgIpc) is 2.67. The number of pyridine rings is 1. The van der Waals surface area contributed by atoms with Gasteiger partial charge in [-0.3, -0.25) is 0 Å². The molecule has 0 spiro atoms. The maximum atomic E-state index is 10.7. The van der Waals surface area contributed by atoms with Crippen molar-refractivity contribution < 1.29 is 9.90 Å². The molecule has 2 heterocycles. The van der Waals surface area contributed by atoms with Gasteiger partial charge >= 0.3 is 5.97 Å². The van der Waals surface area contributed by atoms with E-state index in [0.717, 1.165) is 0 Å². The Balaban J connectivity index is 2.52. The molecule has 0 amide bonds. The second-order valence-corrected chi connectivity index (χ2v) is 2.49. The molecule has 0 aromatic carbocycles. The predicted molar refractivity (Wildman–Crippen MR) is 46.1 cm³/mol. The fourth-order valence-electron chi connectivity index (χ4n) is 1.03. The van der Waals surface area contributed by atoms with Crippen LogP contribution in [0.1, 0.15) is 10.6 Å². The lowest BCUT2D eigenvalue weighted by Gasteiger charge is -1.99. The summed E-state index contributed by atoms with van der Waals surface area (Å²) >= 11 is 0. The van der Waals surface area contributed by atoms with Crippen molar-refractivity contribution >= 4 is 5.97 Å². The van der Waals surface area contributed by atoms with Crippen LogP contribution in [-0.2, 0) is 0 Å². The van der Waals surface area contributed by atoms with Crippen LogP contribution in [0.2, 0.25) is 0 Å². The lowest BCUT2D eigenvalue weighted by molar-refractivity contribution is 0.0680. The van der Waals surface area contributed by atoms with Gasteiger partial charge in [0.15, 0.2) is 5.82 Å². The number of carbonyl (C=O) groups is 1. The van der Waals surface area contributed by atoms with Gasteiger partial charge in [-0.2, -0.15) is 9.78 Å². The molecule has 0 fully saturated rings. The Bertz CT molecular complexity index is 451.